The lowest BCUT2D eigenvalue weighted by Gasteiger charge is -2.23. The summed E-state index contributed by atoms with van der Waals surface area (Å²) in [6, 6.07) is 10.0. The minimum atomic E-state index is 0.173. The molecular weight excluding hydrogens is 212 g/mol. The number of carbonyl (C=O) groups is 1. The zero-order valence-electron chi connectivity index (χ0n) is 10.9. The number of hydrogen-bond donors (Lipinski definition) is 1. The average molecular weight is 234 g/mol. The lowest BCUT2D eigenvalue weighted by Crippen LogP contribution is -2.36. The van der Waals surface area contributed by atoms with E-state index in [2.05, 4.69) is 12.2 Å². The SMILES string of the molecule is CCNC(C)CC(=O)N(CC)c1ccccc1. The molecule has 0 heterocycles. The van der Waals surface area contributed by atoms with Crippen LogP contribution in [0.5, 0.6) is 0 Å². The summed E-state index contributed by atoms with van der Waals surface area (Å²) >= 11 is 0. The highest BCUT2D eigenvalue weighted by Gasteiger charge is 2.15. The normalized spacial score (nSPS) is 12.2. The van der Waals surface area contributed by atoms with Gasteiger partial charge in [0.25, 0.3) is 0 Å². The highest BCUT2D eigenvalue weighted by Crippen LogP contribution is 2.14. The molecule has 0 spiro atoms. The Bertz CT molecular complexity index is 337. The minimum absolute atomic E-state index is 0.173. The zero-order valence-corrected chi connectivity index (χ0v) is 10.9. The van der Waals surface area contributed by atoms with Crippen molar-refractivity contribution in [2.45, 2.75) is 33.2 Å². The fraction of sp³-hybridized carbons (Fsp3) is 0.500. The summed E-state index contributed by atoms with van der Waals surface area (Å²) < 4.78 is 0. The molecule has 0 saturated carbocycles. The molecule has 0 radical (unpaired) electrons. The Balaban J connectivity index is 2.65. The number of hydrogen-bond acceptors (Lipinski definition) is 2. The third kappa shape index (κ3) is 4.19. The number of para-hydroxylation sites is 1. The molecule has 94 valence electrons. The molecule has 0 aliphatic carbocycles. The van der Waals surface area contributed by atoms with E-state index < -0.39 is 0 Å². The van der Waals surface area contributed by atoms with Gasteiger partial charge in [0.1, 0.15) is 0 Å². The van der Waals surface area contributed by atoms with Gasteiger partial charge in [-0.15, -0.1) is 0 Å². The van der Waals surface area contributed by atoms with Crippen molar-refractivity contribution in [2.75, 3.05) is 18.0 Å². The van der Waals surface area contributed by atoms with Gasteiger partial charge in [-0.05, 0) is 32.5 Å². The molecule has 0 aliphatic heterocycles. The van der Waals surface area contributed by atoms with Gasteiger partial charge in [-0.25, -0.2) is 0 Å². The topological polar surface area (TPSA) is 32.3 Å². The summed E-state index contributed by atoms with van der Waals surface area (Å²) in [5, 5.41) is 3.26. The smallest absolute Gasteiger partial charge is 0.228 e. The Morgan fingerprint density at radius 1 is 1.29 bits per heavy atom. The molecule has 1 amide bonds. The average Bonchev–Trinajstić information content (AvgIpc) is 2.31. The minimum Gasteiger partial charge on any atom is -0.314 e. The Morgan fingerprint density at radius 2 is 1.94 bits per heavy atom. The Hall–Kier alpha value is -1.35. The summed E-state index contributed by atoms with van der Waals surface area (Å²) in [5.74, 6) is 0.173. The Labute approximate surface area is 104 Å². The molecule has 1 aromatic carbocycles. The molecule has 1 N–H and O–H groups in total. The molecular formula is C14H22N2O. The van der Waals surface area contributed by atoms with Crippen LogP contribution in [0.25, 0.3) is 0 Å². The summed E-state index contributed by atoms with van der Waals surface area (Å²) in [6.45, 7) is 7.70. The highest BCUT2D eigenvalue weighted by molar-refractivity contribution is 5.93. The van der Waals surface area contributed by atoms with Crippen LogP contribution >= 0.6 is 0 Å². The van der Waals surface area contributed by atoms with Gasteiger partial charge in [-0.1, -0.05) is 25.1 Å². The first kappa shape index (κ1) is 13.7. The first-order valence-corrected chi connectivity index (χ1v) is 6.27. The number of anilines is 1. The van der Waals surface area contributed by atoms with Crippen LogP contribution in [0, 0.1) is 0 Å². The molecule has 17 heavy (non-hydrogen) atoms. The molecule has 1 atom stereocenters. The number of benzene rings is 1. The number of carbonyl (C=O) groups excluding carboxylic acids is 1. The summed E-state index contributed by atoms with van der Waals surface area (Å²) in [6.07, 6.45) is 0.538. The molecule has 0 fully saturated rings. The van der Waals surface area contributed by atoms with E-state index >= 15 is 0 Å². The van der Waals surface area contributed by atoms with Gasteiger partial charge >= 0.3 is 0 Å². The zero-order chi connectivity index (χ0) is 12.7. The highest BCUT2D eigenvalue weighted by atomic mass is 16.2. The fourth-order valence-corrected chi connectivity index (χ4v) is 1.90. The second-order valence-corrected chi connectivity index (χ2v) is 4.14. The molecule has 1 aromatic rings. The lowest BCUT2D eigenvalue weighted by atomic mass is 10.2. The van der Waals surface area contributed by atoms with Gasteiger partial charge in [-0.2, -0.15) is 0 Å². The van der Waals surface area contributed by atoms with E-state index in [0.717, 1.165) is 12.2 Å². The number of nitrogens with zero attached hydrogens (tertiary/aromatic N) is 1. The number of nitrogens with one attached hydrogen (secondary N) is 1. The molecule has 0 saturated heterocycles. The van der Waals surface area contributed by atoms with Crippen LogP contribution in [0.4, 0.5) is 5.69 Å². The van der Waals surface area contributed by atoms with Gasteiger partial charge in [0.05, 0.1) is 0 Å². The van der Waals surface area contributed by atoms with Crippen molar-refractivity contribution in [1.29, 1.82) is 0 Å². The predicted molar refractivity (Wildman–Crippen MR) is 72.2 cm³/mol. The van der Waals surface area contributed by atoms with Crippen molar-refractivity contribution in [2.24, 2.45) is 0 Å². The van der Waals surface area contributed by atoms with Crippen LogP contribution in [0.2, 0.25) is 0 Å². The lowest BCUT2D eigenvalue weighted by molar-refractivity contribution is -0.119. The quantitative estimate of drug-likeness (QED) is 0.820. The largest absolute Gasteiger partial charge is 0.314 e. The van der Waals surface area contributed by atoms with E-state index in [0.29, 0.717) is 13.0 Å². The monoisotopic (exact) mass is 234 g/mol. The van der Waals surface area contributed by atoms with Crippen LogP contribution in [-0.4, -0.2) is 25.0 Å². The van der Waals surface area contributed by atoms with Gasteiger partial charge in [0.15, 0.2) is 0 Å². The van der Waals surface area contributed by atoms with Crippen LogP contribution < -0.4 is 10.2 Å². The van der Waals surface area contributed by atoms with E-state index in [9.17, 15) is 4.79 Å². The van der Waals surface area contributed by atoms with Crippen molar-refractivity contribution in [3.05, 3.63) is 30.3 Å². The van der Waals surface area contributed by atoms with Crippen LogP contribution in [0.3, 0.4) is 0 Å². The van der Waals surface area contributed by atoms with Gasteiger partial charge in [-0.3, -0.25) is 4.79 Å². The molecule has 3 nitrogen and oxygen atoms in total. The molecule has 1 rings (SSSR count). The Kier molecular flexibility index (Phi) is 5.70. The van der Waals surface area contributed by atoms with Gasteiger partial charge in [0, 0.05) is 24.7 Å². The molecule has 0 bridgehead atoms. The maximum absolute atomic E-state index is 12.1. The first-order valence-electron chi connectivity index (χ1n) is 6.27. The molecule has 3 heteroatoms. The van der Waals surface area contributed by atoms with Crippen LogP contribution in [0.1, 0.15) is 27.2 Å². The van der Waals surface area contributed by atoms with Crippen molar-refractivity contribution in [1.82, 2.24) is 5.32 Å². The van der Waals surface area contributed by atoms with Crippen molar-refractivity contribution < 1.29 is 4.79 Å². The maximum atomic E-state index is 12.1. The molecule has 1 unspecified atom stereocenters. The Morgan fingerprint density at radius 3 is 2.47 bits per heavy atom. The van der Waals surface area contributed by atoms with E-state index in [4.69, 9.17) is 0 Å². The van der Waals surface area contributed by atoms with Gasteiger partial charge < -0.3 is 10.2 Å². The van der Waals surface area contributed by atoms with E-state index in [1.54, 1.807) is 0 Å². The standard InChI is InChI=1S/C14H22N2O/c1-4-15-12(3)11-14(17)16(5-2)13-9-7-6-8-10-13/h6-10,12,15H,4-5,11H2,1-3H3. The van der Waals surface area contributed by atoms with Crippen molar-refractivity contribution >= 4 is 11.6 Å². The molecule has 0 aliphatic rings. The maximum Gasteiger partial charge on any atom is 0.228 e. The predicted octanol–water partition coefficient (Wildman–Crippen LogP) is 2.43. The number of rotatable bonds is 6. The summed E-state index contributed by atoms with van der Waals surface area (Å²) in [5.41, 5.74) is 0.976. The molecule has 0 aromatic heterocycles. The second-order valence-electron chi connectivity index (χ2n) is 4.14. The summed E-state index contributed by atoms with van der Waals surface area (Å²) in [7, 11) is 0. The van der Waals surface area contributed by atoms with Crippen LogP contribution in [-0.2, 0) is 4.79 Å². The second kappa shape index (κ2) is 7.07. The third-order valence-corrected chi connectivity index (χ3v) is 2.72. The number of amides is 1. The van der Waals surface area contributed by atoms with Gasteiger partial charge in [0.2, 0.25) is 5.91 Å². The summed E-state index contributed by atoms with van der Waals surface area (Å²) in [4.78, 5) is 14.0. The van der Waals surface area contributed by atoms with E-state index in [1.807, 2.05) is 49.1 Å². The van der Waals surface area contributed by atoms with E-state index in [-0.39, 0.29) is 11.9 Å². The first-order chi connectivity index (χ1) is 8.19. The fourth-order valence-electron chi connectivity index (χ4n) is 1.90. The third-order valence-electron chi connectivity index (χ3n) is 2.72. The van der Waals surface area contributed by atoms with Crippen molar-refractivity contribution in [3.8, 4) is 0 Å². The van der Waals surface area contributed by atoms with E-state index in [1.165, 1.54) is 0 Å². The van der Waals surface area contributed by atoms with Crippen LogP contribution in [0.15, 0.2) is 30.3 Å². The van der Waals surface area contributed by atoms with Crippen molar-refractivity contribution in [3.63, 3.8) is 0 Å².